The summed E-state index contributed by atoms with van der Waals surface area (Å²) >= 11 is 0. The van der Waals surface area contributed by atoms with E-state index in [1.807, 2.05) is 0 Å². The highest BCUT2D eigenvalue weighted by Crippen LogP contribution is 2.31. The molecule has 0 amide bonds. The van der Waals surface area contributed by atoms with Gasteiger partial charge in [0.2, 0.25) is 5.89 Å². The van der Waals surface area contributed by atoms with E-state index >= 15 is 0 Å². The third-order valence-electron chi connectivity index (χ3n) is 2.34. The molecule has 4 heteroatoms. The molecule has 0 aliphatic heterocycles. The van der Waals surface area contributed by atoms with Gasteiger partial charge in [-0.05, 0) is 18.8 Å². The Labute approximate surface area is 84.1 Å². The van der Waals surface area contributed by atoms with Gasteiger partial charge in [0.1, 0.15) is 0 Å². The second-order valence-electron chi connectivity index (χ2n) is 4.29. The minimum atomic E-state index is 0.453. The van der Waals surface area contributed by atoms with Gasteiger partial charge in [0.25, 0.3) is 0 Å². The minimum Gasteiger partial charge on any atom is -0.338 e. The van der Waals surface area contributed by atoms with Crippen molar-refractivity contribution in [1.82, 2.24) is 15.5 Å². The van der Waals surface area contributed by atoms with Crippen LogP contribution in [0.1, 0.15) is 38.4 Å². The van der Waals surface area contributed by atoms with Gasteiger partial charge in [-0.15, -0.1) is 0 Å². The van der Waals surface area contributed by atoms with Crippen LogP contribution in [0.4, 0.5) is 0 Å². The van der Waals surface area contributed by atoms with E-state index in [1.54, 1.807) is 0 Å². The highest BCUT2D eigenvalue weighted by molar-refractivity contribution is 4.91. The number of rotatable bonds is 5. The van der Waals surface area contributed by atoms with Crippen molar-refractivity contribution in [2.24, 2.45) is 5.92 Å². The van der Waals surface area contributed by atoms with E-state index in [9.17, 15) is 0 Å². The van der Waals surface area contributed by atoms with E-state index in [1.165, 1.54) is 12.8 Å². The Bertz CT molecular complexity index is 291. The zero-order valence-electron chi connectivity index (χ0n) is 8.79. The molecule has 0 radical (unpaired) electrons. The first-order chi connectivity index (χ1) is 6.74. The third kappa shape index (κ3) is 2.80. The van der Waals surface area contributed by atoms with Gasteiger partial charge in [-0.3, -0.25) is 0 Å². The molecule has 1 fully saturated rings. The normalized spacial score (nSPS) is 16.5. The molecule has 1 aliphatic carbocycles. The van der Waals surface area contributed by atoms with Crippen molar-refractivity contribution < 1.29 is 4.52 Å². The third-order valence-corrected chi connectivity index (χ3v) is 2.34. The van der Waals surface area contributed by atoms with Gasteiger partial charge in [-0.25, -0.2) is 0 Å². The lowest BCUT2D eigenvalue weighted by Gasteiger charge is -2.02. The van der Waals surface area contributed by atoms with Crippen LogP contribution >= 0.6 is 0 Å². The van der Waals surface area contributed by atoms with Crippen molar-refractivity contribution >= 4 is 0 Å². The van der Waals surface area contributed by atoms with Crippen LogP contribution in [0.3, 0.4) is 0 Å². The van der Waals surface area contributed by atoms with Gasteiger partial charge in [-0.2, -0.15) is 4.98 Å². The Kier molecular flexibility index (Phi) is 2.82. The van der Waals surface area contributed by atoms with Gasteiger partial charge in [0.15, 0.2) is 5.82 Å². The van der Waals surface area contributed by atoms with Gasteiger partial charge < -0.3 is 9.84 Å². The van der Waals surface area contributed by atoms with Crippen LogP contribution in [0.2, 0.25) is 0 Å². The number of hydrogen-bond donors (Lipinski definition) is 1. The first-order valence-corrected chi connectivity index (χ1v) is 5.29. The standard InChI is InChI=1S/C10H17N3O/c1-7(2)11-6-10-12-9(13-14-10)5-8-3-4-8/h7-8,11H,3-6H2,1-2H3. The molecule has 1 aromatic heterocycles. The summed E-state index contributed by atoms with van der Waals surface area (Å²) in [5.74, 6) is 2.39. The summed E-state index contributed by atoms with van der Waals surface area (Å²) in [7, 11) is 0. The zero-order valence-corrected chi connectivity index (χ0v) is 8.79. The van der Waals surface area contributed by atoms with Gasteiger partial charge in [0, 0.05) is 12.5 Å². The molecule has 0 saturated heterocycles. The second kappa shape index (κ2) is 4.09. The number of aromatic nitrogens is 2. The Morgan fingerprint density at radius 1 is 1.50 bits per heavy atom. The summed E-state index contributed by atoms with van der Waals surface area (Å²) in [6.07, 6.45) is 3.65. The lowest BCUT2D eigenvalue weighted by atomic mass is 10.3. The van der Waals surface area contributed by atoms with Crippen molar-refractivity contribution in [3.63, 3.8) is 0 Å². The van der Waals surface area contributed by atoms with Crippen LogP contribution in [0, 0.1) is 5.92 Å². The molecule has 0 atom stereocenters. The highest BCUT2D eigenvalue weighted by atomic mass is 16.5. The Hall–Kier alpha value is -0.900. The summed E-state index contributed by atoms with van der Waals surface area (Å²) in [5.41, 5.74) is 0. The van der Waals surface area contributed by atoms with Crippen LogP contribution < -0.4 is 5.32 Å². The van der Waals surface area contributed by atoms with Crippen molar-refractivity contribution in [2.45, 2.75) is 45.7 Å². The summed E-state index contributed by atoms with van der Waals surface area (Å²) in [4.78, 5) is 4.32. The van der Waals surface area contributed by atoms with E-state index in [4.69, 9.17) is 4.52 Å². The Balaban J connectivity index is 1.82. The zero-order chi connectivity index (χ0) is 9.97. The summed E-state index contributed by atoms with van der Waals surface area (Å²) in [6.45, 7) is 4.87. The van der Waals surface area contributed by atoms with E-state index in [0.717, 1.165) is 18.2 Å². The molecule has 1 saturated carbocycles. The monoisotopic (exact) mass is 195 g/mol. The Morgan fingerprint density at radius 3 is 2.93 bits per heavy atom. The molecule has 14 heavy (non-hydrogen) atoms. The van der Waals surface area contributed by atoms with Gasteiger partial charge in [-0.1, -0.05) is 19.0 Å². The van der Waals surface area contributed by atoms with Crippen molar-refractivity contribution in [2.75, 3.05) is 0 Å². The molecule has 0 unspecified atom stereocenters. The molecule has 78 valence electrons. The quantitative estimate of drug-likeness (QED) is 0.774. The molecule has 2 rings (SSSR count). The Morgan fingerprint density at radius 2 is 2.29 bits per heavy atom. The molecule has 4 nitrogen and oxygen atoms in total. The van der Waals surface area contributed by atoms with Gasteiger partial charge >= 0.3 is 0 Å². The summed E-state index contributed by atoms with van der Waals surface area (Å²) in [6, 6.07) is 0.453. The van der Waals surface area contributed by atoms with Crippen LogP contribution in [-0.2, 0) is 13.0 Å². The van der Waals surface area contributed by atoms with Crippen molar-refractivity contribution in [3.8, 4) is 0 Å². The SMILES string of the molecule is CC(C)NCc1nc(CC2CC2)no1. The first kappa shape index (κ1) is 9.65. The highest BCUT2D eigenvalue weighted by Gasteiger charge is 2.23. The first-order valence-electron chi connectivity index (χ1n) is 5.29. The van der Waals surface area contributed by atoms with Crippen LogP contribution in [0.5, 0.6) is 0 Å². The molecule has 1 aromatic rings. The van der Waals surface area contributed by atoms with Crippen LogP contribution in [-0.4, -0.2) is 16.2 Å². The van der Waals surface area contributed by atoms with Gasteiger partial charge in [0.05, 0.1) is 6.54 Å². The minimum absolute atomic E-state index is 0.453. The maximum Gasteiger partial charge on any atom is 0.240 e. The molecule has 1 aliphatic rings. The summed E-state index contributed by atoms with van der Waals surface area (Å²) in [5, 5.41) is 7.20. The lowest BCUT2D eigenvalue weighted by Crippen LogP contribution is -2.21. The fourth-order valence-electron chi connectivity index (χ4n) is 1.32. The van der Waals surface area contributed by atoms with E-state index in [-0.39, 0.29) is 0 Å². The summed E-state index contributed by atoms with van der Waals surface area (Å²) < 4.78 is 5.12. The van der Waals surface area contributed by atoms with Crippen molar-refractivity contribution in [1.29, 1.82) is 0 Å². The van der Waals surface area contributed by atoms with E-state index in [2.05, 4.69) is 29.3 Å². The largest absolute Gasteiger partial charge is 0.338 e. The number of nitrogens with zero attached hydrogens (tertiary/aromatic N) is 2. The van der Waals surface area contributed by atoms with Crippen LogP contribution in [0.25, 0.3) is 0 Å². The lowest BCUT2D eigenvalue weighted by molar-refractivity contribution is 0.357. The number of hydrogen-bond acceptors (Lipinski definition) is 4. The second-order valence-corrected chi connectivity index (χ2v) is 4.29. The maximum absolute atomic E-state index is 5.12. The molecule has 0 bridgehead atoms. The molecular weight excluding hydrogens is 178 g/mol. The topological polar surface area (TPSA) is 51.0 Å². The molecule has 0 aromatic carbocycles. The maximum atomic E-state index is 5.12. The predicted octanol–water partition coefficient (Wildman–Crippen LogP) is 1.52. The fourth-order valence-corrected chi connectivity index (χ4v) is 1.32. The average molecular weight is 195 g/mol. The molecule has 1 N–H and O–H groups in total. The average Bonchev–Trinajstić information content (AvgIpc) is 2.81. The molecule has 0 spiro atoms. The van der Waals surface area contributed by atoms with Crippen LogP contribution in [0.15, 0.2) is 4.52 Å². The predicted molar refractivity (Wildman–Crippen MR) is 52.7 cm³/mol. The smallest absolute Gasteiger partial charge is 0.240 e. The number of nitrogens with one attached hydrogen (secondary N) is 1. The van der Waals surface area contributed by atoms with E-state index < -0.39 is 0 Å². The molecule has 1 heterocycles. The fraction of sp³-hybridized carbons (Fsp3) is 0.800. The van der Waals surface area contributed by atoms with Crippen molar-refractivity contribution in [3.05, 3.63) is 11.7 Å². The van der Waals surface area contributed by atoms with E-state index in [0.29, 0.717) is 18.5 Å². The molecular formula is C10H17N3O.